The van der Waals surface area contributed by atoms with Crippen LogP contribution in [0.15, 0.2) is 143 Å². The van der Waals surface area contributed by atoms with Crippen molar-refractivity contribution in [1.29, 1.82) is 0 Å². The largest absolute Gasteiger partial charge is 0.443 e. The highest BCUT2D eigenvalue weighted by Crippen LogP contribution is 2.44. The number of fused-ring (bicyclic) bond motifs is 2. The van der Waals surface area contributed by atoms with E-state index in [1.54, 1.807) is 24.9 Å². The van der Waals surface area contributed by atoms with Crippen molar-refractivity contribution < 1.29 is 8.83 Å². The van der Waals surface area contributed by atoms with Crippen LogP contribution in [-0.4, -0.2) is 19.9 Å². The number of rotatable bonds is 5. The van der Waals surface area contributed by atoms with Gasteiger partial charge < -0.3 is 8.83 Å². The van der Waals surface area contributed by atoms with Gasteiger partial charge in [-0.1, -0.05) is 78.9 Å². The summed E-state index contributed by atoms with van der Waals surface area (Å²) in [5.74, 6) is 0.973. The second-order valence-electron chi connectivity index (χ2n) is 9.91. The van der Waals surface area contributed by atoms with Crippen LogP contribution in [0.1, 0.15) is 0 Å². The Kier molecular flexibility index (Phi) is 5.67. The highest BCUT2D eigenvalue weighted by atomic mass is 16.3. The first-order chi connectivity index (χ1) is 20.8. The fourth-order valence-electron chi connectivity index (χ4n) is 5.63. The number of aromatic nitrogens is 4. The first-order valence-corrected chi connectivity index (χ1v) is 13.6. The average Bonchev–Trinajstić information content (AvgIpc) is 3.80. The molecule has 0 bridgehead atoms. The van der Waals surface area contributed by atoms with Crippen molar-refractivity contribution in [3.05, 3.63) is 134 Å². The molecule has 0 fully saturated rings. The number of hydrogen-bond acceptors (Lipinski definition) is 6. The lowest BCUT2D eigenvalue weighted by Crippen LogP contribution is -1.96. The minimum absolute atomic E-state index is 0.486. The van der Waals surface area contributed by atoms with E-state index in [-0.39, 0.29) is 0 Å². The zero-order valence-electron chi connectivity index (χ0n) is 22.3. The molecular formula is C36H22N4O2. The predicted octanol–water partition coefficient (Wildman–Crippen LogP) is 9.09. The number of pyridine rings is 2. The van der Waals surface area contributed by atoms with Gasteiger partial charge in [-0.2, -0.15) is 0 Å². The smallest absolute Gasteiger partial charge is 0.245 e. The molecule has 4 aromatic heterocycles. The fourth-order valence-corrected chi connectivity index (χ4v) is 5.63. The maximum atomic E-state index is 5.59. The van der Waals surface area contributed by atoms with E-state index in [1.807, 2.05) is 42.5 Å². The molecule has 6 nitrogen and oxygen atoms in total. The maximum absolute atomic E-state index is 5.59. The standard InChI is InChI=1S/C36H22N4O2/c1-2-8-23(9-3-1)24-16-17-27-28(22-24)34(30-13-7-15-32(40-30)36-38-19-21-42-36)26-11-5-4-10-25(26)33(27)29-12-6-14-31(39-29)35-37-18-20-41-35/h1-22H. The Morgan fingerprint density at radius 1 is 0.405 bits per heavy atom. The summed E-state index contributed by atoms with van der Waals surface area (Å²) in [6.07, 6.45) is 6.39. The van der Waals surface area contributed by atoms with E-state index in [4.69, 9.17) is 18.8 Å². The van der Waals surface area contributed by atoms with E-state index in [0.717, 1.165) is 55.2 Å². The van der Waals surface area contributed by atoms with Gasteiger partial charge in [0, 0.05) is 11.1 Å². The summed E-state index contributed by atoms with van der Waals surface area (Å²) in [7, 11) is 0. The molecule has 8 rings (SSSR count). The highest BCUT2D eigenvalue weighted by Gasteiger charge is 2.20. The quantitative estimate of drug-likeness (QED) is 0.202. The van der Waals surface area contributed by atoms with Gasteiger partial charge in [0.25, 0.3) is 0 Å². The van der Waals surface area contributed by atoms with E-state index in [9.17, 15) is 0 Å². The van der Waals surface area contributed by atoms with Gasteiger partial charge in [0.1, 0.15) is 23.9 Å². The van der Waals surface area contributed by atoms with E-state index >= 15 is 0 Å². The molecule has 0 saturated carbocycles. The Morgan fingerprint density at radius 2 is 0.929 bits per heavy atom. The van der Waals surface area contributed by atoms with Crippen LogP contribution in [0.2, 0.25) is 0 Å². The molecule has 0 unspecified atom stereocenters. The number of oxazole rings is 2. The van der Waals surface area contributed by atoms with Crippen molar-refractivity contribution in [2.45, 2.75) is 0 Å². The lowest BCUT2D eigenvalue weighted by molar-refractivity contribution is 0.572. The SMILES string of the molecule is c1ccc(-c2ccc3c(-c4cccc(-c5ncco5)n4)c4ccccc4c(-c4cccc(-c5ncco5)n4)c3c2)cc1. The van der Waals surface area contributed by atoms with Crippen molar-refractivity contribution in [3.8, 4) is 56.8 Å². The van der Waals surface area contributed by atoms with Gasteiger partial charge in [-0.25, -0.2) is 19.9 Å². The second kappa shape index (κ2) is 9.94. The monoisotopic (exact) mass is 542 g/mol. The summed E-state index contributed by atoms with van der Waals surface area (Å²) >= 11 is 0. The van der Waals surface area contributed by atoms with Crippen LogP contribution >= 0.6 is 0 Å². The second-order valence-corrected chi connectivity index (χ2v) is 9.91. The Morgan fingerprint density at radius 3 is 1.50 bits per heavy atom. The summed E-state index contributed by atoms with van der Waals surface area (Å²) in [6, 6.07) is 37.4. The van der Waals surface area contributed by atoms with Gasteiger partial charge in [0.2, 0.25) is 11.8 Å². The lowest BCUT2D eigenvalue weighted by Gasteiger charge is -2.18. The van der Waals surface area contributed by atoms with Gasteiger partial charge in [-0.3, -0.25) is 0 Å². The van der Waals surface area contributed by atoms with E-state index in [1.165, 1.54) is 0 Å². The summed E-state index contributed by atoms with van der Waals surface area (Å²) in [6.45, 7) is 0. The first-order valence-electron chi connectivity index (χ1n) is 13.6. The van der Waals surface area contributed by atoms with Crippen LogP contribution in [-0.2, 0) is 0 Å². The molecule has 4 aromatic carbocycles. The molecule has 6 heteroatoms. The van der Waals surface area contributed by atoms with Crippen LogP contribution in [0.25, 0.3) is 78.4 Å². The van der Waals surface area contributed by atoms with Crippen molar-refractivity contribution in [2.24, 2.45) is 0 Å². The molecule has 0 amide bonds. The lowest BCUT2D eigenvalue weighted by atomic mass is 9.87. The molecule has 0 aliphatic heterocycles. The summed E-state index contributed by atoms with van der Waals surface area (Å²) < 4.78 is 11.2. The Balaban J connectivity index is 1.47. The van der Waals surface area contributed by atoms with Crippen molar-refractivity contribution in [1.82, 2.24) is 19.9 Å². The zero-order chi connectivity index (χ0) is 27.9. The highest BCUT2D eigenvalue weighted by molar-refractivity contribution is 6.21. The summed E-state index contributed by atoms with van der Waals surface area (Å²) in [4.78, 5) is 18.7. The van der Waals surface area contributed by atoms with Crippen LogP contribution in [0, 0.1) is 0 Å². The molecule has 198 valence electrons. The van der Waals surface area contributed by atoms with Gasteiger partial charge in [-0.05, 0) is 63.0 Å². The third-order valence-corrected chi connectivity index (χ3v) is 7.44. The normalized spacial score (nSPS) is 11.3. The van der Waals surface area contributed by atoms with Crippen LogP contribution in [0.4, 0.5) is 0 Å². The average molecular weight is 543 g/mol. The topological polar surface area (TPSA) is 77.8 Å². The number of nitrogens with zero attached hydrogens (tertiary/aromatic N) is 4. The molecule has 0 atom stereocenters. The molecule has 0 saturated heterocycles. The van der Waals surface area contributed by atoms with Crippen LogP contribution in [0.3, 0.4) is 0 Å². The molecule has 0 N–H and O–H groups in total. The molecule has 0 radical (unpaired) electrons. The van der Waals surface area contributed by atoms with E-state index in [2.05, 4.69) is 76.7 Å². The Hall–Kier alpha value is -5.88. The molecule has 0 aliphatic carbocycles. The van der Waals surface area contributed by atoms with Crippen molar-refractivity contribution >= 4 is 21.5 Å². The molecule has 8 aromatic rings. The van der Waals surface area contributed by atoms with Crippen molar-refractivity contribution in [3.63, 3.8) is 0 Å². The van der Waals surface area contributed by atoms with Gasteiger partial charge in [0.15, 0.2) is 0 Å². The predicted molar refractivity (Wildman–Crippen MR) is 164 cm³/mol. The third kappa shape index (κ3) is 4.05. The Labute approximate surface area is 241 Å². The van der Waals surface area contributed by atoms with Gasteiger partial charge in [0.05, 0.1) is 23.8 Å². The molecular weight excluding hydrogens is 520 g/mol. The van der Waals surface area contributed by atoms with E-state index < -0.39 is 0 Å². The molecule has 0 spiro atoms. The third-order valence-electron chi connectivity index (χ3n) is 7.44. The molecule has 42 heavy (non-hydrogen) atoms. The minimum atomic E-state index is 0.486. The summed E-state index contributed by atoms with van der Waals surface area (Å²) in [5.41, 5.74) is 7.39. The number of benzene rings is 4. The van der Waals surface area contributed by atoms with Gasteiger partial charge >= 0.3 is 0 Å². The zero-order valence-corrected chi connectivity index (χ0v) is 22.3. The van der Waals surface area contributed by atoms with Gasteiger partial charge in [-0.15, -0.1) is 0 Å². The Bertz CT molecular complexity index is 2190. The number of hydrogen-bond donors (Lipinski definition) is 0. The fraction of sp³-hybridized carbons (Fsp3) is 0. The first kappa shape index (κ1) is 24.0. The van der Waals surface area contributed by atoms with Crippen LogP contribution < -0.4 is 0 Å². The van der Waals surface area contributed by atoms with E-state index in [0.29, 0.717) is 23.2 Å². The maximum Gasteiger partial charge on any atom is 0.245 e. The van der Waals surface area contributed by atoms with Crippen molar-refractivity contribution in [2.75, 3.05) is 0 Å². The van der Waals surface area contributed by atoms with Crippen LogP contribution in [0.5, 0.6) is 0 Å². The molecule has 0 aliphatic rings. The molecule has 4 heterocycles. The summed E-state index contributed by atoms with van der Waals surface area (Å²) in [5, 5.41) is 4.30. The minimum Gasteiger partial charge on any atom is -0.443 e.